The first kappa shape index (κ1) is 18.3. The Kier molecular flexibility index (Phi) is 5.83. The highest BCUT2D eigenvalue weighted by Gasteiger charge is 2.51. The molecule has 0 bridgehead atoms. The molecule has 1 heterocycles. The number of hydrogen-bond donors (Lipinski definition) is 1. The highest BCUT2D eigenvalue weighted by molar-refractivity contribution is 5.78. The van der Waals surface area contributed by atoms with Crippen molar-refractivity contribution in [1.82, 2.24) is 5.32 Å². The minimum atomic E-state index is -0.631. The van der Waals surface area contributed by atoms with E-state index >= 15 is 0 Å². The molecule has 1 unspecified atom stereocenters. The second kappa shape index (κ2) is 7.66. The molecule has 0 aromatic heterocycles. The number of nitrogens with one attached hydrogen (secondary N) is 1. The molecular formula is C18H25NO5. The molecule has 6 heteroatoms. The first-order chi connectivity index (χ1) is 11.3. The van der Waals surface area contributed by atoms with Crippen molar-refractivity contribution in [2.24, 2.45) is 0 Å². The lowest BCUT2D eigenvalue weighted by molar-refractivity contribution is -0.144. The summed E-state index contributed by atoms with van der Waals surface area (Å²) in [6.45, 7) is 7.44. The fourth-order valence-corrected chi connectivity index (χ4v) is 2.42. The Morgan fingerprint density at radius 1 is 1.25 bits per heavy atom. The van der Waals surface area contributed by atoms with Gasteiger partial charge in [-0.1, -0.05) is 30.3 Å². The average molecular weight is 335 g/mol. The normalized spacial score (nSPS) is 20.8. The zero-order valence-corrected chi connectivity index (χ0v) is 14.6. The fraction of sp³-hybridized carbons (Fsp3) is 0.556. The summed E-state index contributed by atoms with van der Waals surface area (Å²) in [5.74, 6) is -0.397. The minimum Gasteiger partial charge on any atom is -0.464 e. The lowest BCUT2D eigenvalue weighted by atomic mass is 10.0. The number of carbonyl (C=O) groups is 2. The molecule has 24 heavy (non-hydrogen) atoms. The van der Waals surface area contributed by atoms with Crippen LogP contribution in [0.5, 0.6) is 0 Å². The van der Waals surface area contributed by atoms with Crippen molar-refractivity contribution in [2.75, 3.05) is 6.61 Å². The van der Waals surface area contributed by atoms with E-state index in [2.05, 4.69) is 5.32 Å². The average Bonchev–Trinajstić information content (AvgIpc) is 3.26. The van der Waals surface area contributed by atoms with Crippen molar-refractivity contribution in [2.45, 2.75) is 58.0 Å². The highest BCUT2D eigenvalue weighted by atomic mass is 16.6. The van der Waals surface area contributed by atoms with E-state index < -0.39 is 29.9 Å². The Morgan fingerprint density at radius 2 is 1.92 bits per heavy atom. The largest absolute Gasteiger partial charge is 0.464 e. The van der Waals surface area contributed by atoms with Crippen molar-refractivity contribution in [1.29, 1.82) is 0 Å². The van der Waals surface area contributed by atoms with Gasteiger partial charge in [0, 0.05) is 0 Å². The van der Waals surface area contributed by atoms with Crippen molar-refractivity contribution in [3.05, 3.63) is 35.9 Å². The van der Waals surface area contributed by atoms with Gasteiger partial charge in [0.2, 0.25) is 0 Å². The molecule has 0 aliphatic carbocycles. The van der Waals surface area contributed by atoms with Crippen LogP contribution in [-0.2, 0) is 25.4 Å². The zero-order chi connectivity index (χ0) is 17.7. The highest BCUT2D eigenvalue weighted by Crippen LogP contribution is 2.29. The Hall–Kier alpha value is -2.08. The maximum Gasteiger partial charge on any atom is 0.407 e. The Bertz CT molecular complexity index is 567. The van der Waals surface area contributed by atoms with Gasteiger partial charge >= 0.3 is 12.1 Å². The van der Waals surface area contributed by atoms with Crippen LogP contribution in [-0.4, -0.2) is 42.5 Å². The molecule has 1 aromatic rings. The summed E-state index contributed by atoms with van der Waals surface area (Å²) in [6.07, 6.45) is -1.02. The lowest BCUT2D eigenvalue weighted by Gasteiger charge is -2.23. The predicted molar refractivity (Wildman–Crippen MR) is 88.6 cm³/mol. The molecule has 1 N–H and O–H groups in total. The van der Waals surface area contributed by atoms with Crippen molar-refractivity contribution < 1.29 is 23.8 Å². The van der Waals surface area contributed by atoms with Crippen LogP contribution in [0.1, 0.15) is 33.3 Å². The van der Waals surface area contributed by atoms with Gasteiger partial charge in [0.15, 0.2) is 6.10 Å². The Balaban J connectivity index is 2.02. The molecule has 1 saturated heterocycles. The van der Waals surface area contributed by atoms with Crippen LogP contribution in [0.25, 0.3) is 0 Å². The van der Waals surface area contributed by atoms with Gasteiger partial charge in [-0.25, -0.2) is 9.59 Å². The van der Waals surface area contributed by atoms with Crippen LogP contribution in [0.15, 0.2) is 30.3 Å². The Morgan fingerprint density at radius 3 is 2.50 bits per heavy atom. The first-order valence-corrected chi connectivity index (χ1v) is 8.15. The van der Waals surface area contributed by atoms with E-state index in [4.69, 9.17) is 14.2 Å². The fourth-order valence-electron chi connectivity index (χ4n) is 2.42. The maximum absolute atomic E-state index is 12.1. The monoisotopic (exact) mass is 335 g/mol. The molecule has 1 aliphatic heterocycles. The van der Waals surface area contributed by atoms with Gasteiger partial charge in [0.25, 0.3) is 0 Å². The van der Waals surface area contributed by atoms with Gasteiger partial charge in [-0.05, 0) is 39.7 Å². The van der Waals surface area contributed by atoms with Gasteiger partial charge in [0.05, 0.1) is 12.6 Å². The van der Waals surface area contributed by atoms with Crippen LogP contribution in [0.2, 0.25) is 0 Å². The molecule has 1 aromatic carbocycles. The first-order valence-electron chi connectivity index (χ1n) is 8.15. The van der Waals surface area contributed by atoms with Gasteiger partial charge in [-0.3, -0.25) is 0 Å². The summed E-state index contributed by atoms with van der Waals surface area (Å²) in [4.78, 5) is 23.9. The molecule has 1 amide bonds. The zero-order valence-electron chi connectivity index (χ0n) is 14.6. The summed E-state index contributed by atoms with van der Waals surface area (Å²) >= 11 is 0. The van der Waals surface area contributed by atoms with Crippen LogP contribution >= 0.6 is 0 Å². The third-order valence-electron chi connectivity index (χ3n) is 3.44. The molecule has 1 fully saturated rings. The summed E-state index contributed by atoms with van der Waals surface area (Å²) in [5.41, 5.74) is 0.448. The number of carbonyl (C=O) groups excluding carboxylic acids is 2. The molecule has 1 aliphatic rings. The van der Waals surface area contributed by atoms with Gasteiger partial charge in [-0.2, -0.15) is 0 Å². The minimum absolute atomic E-state index is 0.300. The molecule has 0 radical (unpaired) electrons. The number of rotatable bonds is 6. The summed E-state index contributed by atoms with van der Waals surface area (Å²) < 4.78 is 15.7. The Labute approximate surface area is 142 Å². The van der Waals surface area contributed by atoms with E-state index in [1.165, 1.54) is 0 Å². The van der Waals surface area contributed by atoms with Crippen LogP contribution in [0.4, 0.5) is 4.79 Å². The number of benzene rings is 1. The standard InChI is InChI=1S/C18H25NO5/c1-5-22-16(20)15-14(23-15)13(11-12-9-7-6-8-10-12)19-17(21)24-18(2,3)4/h6-10,13-15H,5,11H2,1-4H3,(H,19,21)/t13-,14+,15?/m0/s1. The van der Waals surface area contributed by atoms with E-state index in [1.54, 1.807) is 27.7 Å². The number of alkyl carbamates (subject to hydrolysis) is 1. The van der Waals surface area contributed by atoms with E-state index in [9.17, 15) is 9.59 Å². The smallest absolute Gasteiger partial charge is 0.407 e. The third kappa shape index (κ3) is 5.53. The number of amides is 1. The van der Waals surface area contributed by atoms with Crippen LogP contribution in [0.3, 0.4) is 0 Å². The van der Waals surface area contributed by atoms with E-state index in [-0.39, 0.29) is 6.04 Å². The SMILES string of the molecule is CCOC(=O)C1O[C@@H]1[C@H](Cc1ccccc1)NC(=O)OC(C)(C)C. The third-order valence-corrected chi connectivity index (χ3v) is 3.44. The second-order valence-corrected chi connectivity index (χ2v) is 6.72. The van der Waals surface area contributed by atoms with E-state index in [0.717, 1.165) is 5.56 Å². The second-order valence-electron chi connectivity index (χ2n) is 6.72. The van der Waals surface area contributed by atoms with Gasteiger partial charge < -0.3 is 19.5 Å². The number of ether oxygens (including phenoxy) is 3. The van der Waals surface area contributed by atoms with E-state index in [1.807, 2.05) is 30.3 Å². The van der Waals surface area contributed by atoms with Crippen molar-refractivity contribution in [3.8, 4) is 0 Å². The van der Waals surface area contributed by atoms with E-state index in [0.29, 0.717) is 13.0 Å². The van der Waals surface area contributed by atoms with Gasteiger partial charge in [-0.15, -0.1) is 0 Å². The van der Waals surface area contributed by atoms with Crippen LogP contribution < -0.4 is 5.32 Å². The molecule has 6 nitrogen and oxygen atoms in total. The molecule has 2 rings (SSSR count). The maximum atomic E-state index is 12.1. The lowest BCUT2D eigenvalue weighted by Crippen LogP contribution is -2.44. The quantitative estimate of drug-likeness (QED) is 0.638. The molecule has 0 saturated carbocycles. The number of epoxide rings is 1. The van der Waals surface area contributed by atoms with Crippen molar-refractivity contribution in [3.63, 3.8) is 0 Å². The summed E-state index contributed by atoms with van der Waals surface area (Å²) in [6, 6.07) is 9.34. The molecular weight excluding hydrogens is 310 g/mol. The summed E-state index contributed by atoms with van der Waals surface area (Å²) in [5, 5.41) is 2.82. The topological polar surface area (TPSA) is 77.2 Å². The molecule has 3 atom stereocenters. The van der Waals surface area contributed by atoms with Crippen LogP contribution in [0, 0.1) is 0 Å². The number of hydrogen-bond acceptors (Lipinski definition) is 5. The summed E-state index contributed by atoms with van der Waals surface area (Å²) in [7, 11) is 0. The molecule has 0 spiro atoms. The van der Waals surface area contributed by atoms with Crippen molar-refractivity contribution >= 4 is 12.1 Å². The predicted octanol–water partition coefficient (Wildman–Crippen LogP) is 2.45. The van der Waals surface area contributed by atoms with Gasteiger partial charge in [0.1, 0.15) is 11.7 Å². The number of esters is 1. The molecule has 132 valence electrons.